The van der Waals surface area contributed by atoms with Crippen molar-refractivity contribution in [2.75, 3.05) is 18.4 Å². The molecule has 1 atom stereocenters. The molecule has 1 aliphatic heterocycles. The molecule has 0 aromatic heterocycles. The minimum absolute atomic E-state index is 0.0485. The maximum absolute atomic E-state index is 12.4. The van der Waals surface area contributed by atoms with Gasteiger partial charge in [-0.3, -0.25) is 4.79 Å². The van der Waals surface area contributed by atoms with Gasteiger partial charge in [0, 0.05) is 18.4 Å². The van der Waals surface area contributed by atoms with Gasteiger partial charge in [-0.2, -0.15) is 26.3 Å². The van der Waals surface area contributed by atoms with Crippen molar-refractivity contribution in [3.05, 3.63) is 0 Å². The Labute approximate surface area is 114 Å². The van der Waals surface area contributed by atoms with Crippen molar-refractivity contribution >= 4 is 21.8 Å². The minimum Gasteiger partial charge on any atom is -0.342 e. The lowest BCUT2D eigenvalue weighted by Crippen LogP contribution is -2.49. The van der Waals surface area contributed by atoms with Crippen LogP contribution in [-0.2, 0) is 4.79 Å². The third-order valence-electron chi connectivity index (χ3n) is 3.02. The molecular weight excluding hydrogens is 344 g/mol. The van der Waals surface area contributed by atoms with Gasteiger partial charge in [-0.15, -0.1) is 0 Å². The lowest BCUT2D eigenvalue weighted by atomic mass is 10.1. The molecule has 1 heterocycles. The molecule has 19 heavy (non-hydrogen) atoms. The SMILES string of the molecule is O=C(C(C(F)(F)F)C(F)(F)F)N1CCC(CCBr)C1. The van der Waals surface area contributed by atoms with Crippen molar-refractivity contribution in [3.8, 4) is 0 Å². The number of hydrogen-bond donors (Lipinski definition) is 0. The number of carbonyl (C=O) groups is 1. The number of amides is 1. The van der Waals surface area contributed by atoms with E-state index < -0.39 is 24.2 Å². The van der Waals surface area contributed by atoms with E-state index in [2.05, 4.69) is 15.9 Å². The summed E-state index contributed by atoms with van der Waals surface area (Å²) in [5.41, 5.74) is 0. The van der Waals surface area contributed by atoms with Crippen molar-refractivity contribution < 1.29 is 31.1 Å². The van der Waals surface area contributed by atoms with Gasteiger partial charge in [-0.1, -0.05) is 15.9 Å². The topological polar surface area (TPSA) is 20.3 Å². The van der Waals surface area contributed by atoms with E-state index in [9.17, 15) is 31.1 Å². The second-order valence-electron chi connectivity index (χ2n) is 4.43. The van der Waals surface area contributed by atoms with Crippen LogP contribution in [0.3, 0.4) is 0 Å². The quantitative estimate of drug-likeness (QED) is 0.561. The lowest BCUT2D eigenvalue weighted by molar-refractivity contribution is -0.277. The highest BCUT2D eigenvalue weighted by atomic mass is 79.9. The van der Waals surface area contributed by atoms with E-state index in [0.29, 0.717) is 23.1 Å². The monoisotopic (exact) mass is 355 g/mol. The molecule has 112 valence electrons. The largest absolute Gasteiger partial charge is 0.409 e. The molecule has 1 unspecified atom stereocenters. The Kier molecular flexibility index (Phi) is 5.14. The summed E-state index contributed by atoms with van der Waals surface area (Å²) in [4.78, 5) is 12.1. The van der Waals surface area contributed by atoms with Gasteiger partial charge in [0.05, 0.1) is 0 Å². The number of nitrogens with zero attached hydrogens (tertiary/aromatic N) is 1. The molecule has 0 aromatic rings. The Bertz CT molecular complexity index is 315. The van der Waals surface area contributed by atoms with Crippen molar-refractivity contribution in [3.63, 3.8) is 0 Å². The highest BCUT2D eigenvalue weighted by molar-refractivity contribution is 9.09. The molecule has 2 nitrogen and oxygen atoms in total. The molecule has 0 saturated carbocycles. The van der Waals surface area contributed by atoms with E-state index in [4.69, 9.17) is 0 Å². The predicted molar refractivity (Wildman–Crippen MR) is 58.7 cm³/mol. The molecule has 1 rings (SSSR count). The van der Waals surface area contributed by atoms with Crippen LogP contribution in [0.15, 0.2) is 0 Å². The first kappa shape index (κ1) is 16.6. The number of rotatable bonds is 3. The molecule has 1 saturated heterocycles. The predicted octanol–water partition coefficient (Wildman–Crippen LogP) is 3.36. The highest BCUT2D eigenvalue weighted by Gasteiger charge is 2.62. The fourth-order valence-corrected chi connectivity index (χ4v) is 2.72. The average molecular weight is 356 g/mol. The molecule has 0 aliphatic carbocycles. The van der Waals surface area contributed by atoms with Crippen LogP contribution >= 0.6 is 15.9 Å². The fraction of sp³-hybridized carbons (Fsp3) is 0.900. The number of halogens is 7. The minimum atomic E-state index is -5.61. The first-order valence-corrected chi connectivity index (χ1v) is 6.67. The van der Waals surface area contributed by atoms with Crippen molar-refractivity contribution in [1.29, 1.82) is 0 Å². The Morgan fingerprint density at radius 3 is 2.16 bits per heavy atom. The van der Waals surface area contributed by atoms with Crippen LogP contribution < -0.4 is 0 Å². The molecule has 0 radical (unpaired) electrons. The average Bonchev–Trinajstić information content (AvgIpc) is 2.62. The van der Waals surface area contributed by atoms with E-state index >= 15 is 0 Å². The van der Waals surface area contributed by atoms with Crippen LogP contribution in [0.5, 0.6) is 0 Å². The number of likely N-dealkylation sites (tertiary alicyclic amines) is 1. The fourth-order valence-electron chi connectivity index (χ4n) is 2.07. The summed E-state index contributed by atoms with van der Waals surface area (Å²) in [6, 6.07) is 0. The maximum atomic E-state index is 12.4. The van der Waals surface area contributed by atoms with E-state index in [1.165, 1.54) is 0 Å². The Morgan fingerprint density at radius 1 is 1.21 bits per heavy atom. The van der Waals surface area contributed by atoms with Gasteiger partial charge in [0.1, 0.15) is 0 Å². The molecule has 0 spiro atoms. The van der Waals surface area contributed by atoms with Crippen LogP contribution in [0.4, 0.5) is 26.3 Å². The summed E-state index contributed by atoms with van der Waals surface area (Å²) >= 11 is 3.15. The first-order chi connectivity index (χ1) is 8.57. The zero-order valence-electron chi connectivity index (χ0n) is 9.69. The van der Waals surface area contributed by atoms with Gasteiger partial charge in [-0.05, 0) is 18.8 Å². The number of hydrogen-bond acceptors (Lipinski definition) is 1. The van der Waals surface area contributed by atoms with E-state index in [1.807, 2.05) is 0 Å². The van der Waals surface area contributed by atoms with Gasteiger partial charge in [0.25, 0.3) is 0 Å². The van der Waals surface area contributed by atoms with Gasteiger partial charge < -0.3 is 4.90 Å². The normalized spacial score (nSPS) is 21.3. The van der Waals surface area contributed by atoms with Crippen LogP contribution in [-0.4, -0.2) is 41.6 Å². The molecule has 1 amide bonds. The summed E-state index contributed by atoms with van der Waals surface area (Å²) in [6.07, 6.45) is -10.2. The summed E-state index contributed by atoms with van der Waals surface area (Å²) in [6.45, 7) is -0.105. The second kappa shape index (κ2) is 5.88. The van der Waals surface area contributed by atoms with Crippen LogP contribution in [0, 0.1) is 11.8 Å². The molecule has 1 fully saturated rings. The van der Waals surface area contributed by atoms with E-state index in [-0.39, 0.29) is 19.0 Å². The third kappa shape index (κ3) is 4.25. The summed E-state index contributed by atoms with van der Waals surface area (Å²) in [5.74, 6) is -5.86. The Morgan fingerprint density at radius 2 is 1.74 bits per heavy atom. The molecule has 9 heteroatoms. The van der Waals surface area contributed by atoms with Crippen LogP contribution in [0.2, 0.25) is 0 Å². The zero-order chi connectivity index (χ0) is 14.8. The van der Waals surface area contributed by atoms with Crippen molar-refractivity contribution in [2.45, 2.75) is 25.2 Å². The molecule has 0 bridgehead atoms. The summed E-state index contributed by atoms with van der Waals surface area (Å²) < 4.78 is 74.3. The number of alkyl halides is 7. The smallest absolute Gasteiger partial charge is 0.342 e. The second-order valence-corrected chi connectivity index (χ2v) is 5.23. The zero-order valence-corrected chi connectivity index (χ0v) is 11.3. The third-order valence-corrected chi connectivity index (χ3v) is 3.47. The first-order valence-electron chi connectivity index (χ1n) is 5.55. The van der Waals surface area contributed by atoms with Gasteiger partial charge in [0.15, 0.2) is 0 Å². The van der Waals surface area contributed by atoms with Gasteiger partial charge in [0.2, 0.25) is 11.8 Å². The molecular formula is C10H12BrF6NO. The molecule has 1 aliphatic rings. The number of carbonyl (C=O) groups excluding carboxylic acids is 1. The summed E-state index contributed by atoms with van der Waals surface area (Å²) in [7, 11) is 0. The summed E-state index contributed by atoms with van der Waals surface area (Å²) in [5, 5.41) is 0.599. The maximum Gasteiger partial charge on any atom is 0.409 e. The Hall–Kier alpha value is -0.470. The molecule has 0 N–H and O–H groups in total. The molecule has 0 aromatic carbocycles. The van der Waals surface area contributed by atoms with Crippen molar-refractivity contribution in [1.82, 2.24) is 4.90 Å². The van der Waals surface area contributed by atoms with E-state index in [1.54, 1.807) is 0 Å². The lowest BCUT2D eigenvalue weighted by Gasteiger charge is -2.26. The standard InChI is InChI=1S/C10H12BrF6NO/c11-3-1-6-2-4-18(5-6)8(19)7(9(12,13)14)10(15,16)17/h6-7H,1-5H2. The van der Waals surface area contributed by atoms with Crippen LogP contribution in [0.25, 0.3) is 0 Å². The van der Waals surface area contributed by atoms with E-state index in [0.717, 1.165) is 0 Å². The highest BCUT2D eigenvalue weighted by Crippen LogP contribution is 2.41. The van der Waals surface area contributed by atoms with Gasteiger partial charge in [-0.25, -0.2) is 0 Å². The Balaban J connectivity index is 2.80. The van der Waals surface area contributed by atoms with Crippen LogP contribution in [0.1, 0.15) is 12.8 Å². The van der Waals surface area contributed by atoms with Crippen molar-refractivity contribution in [2.24, 2.45) is 11.8 Å². The van der Waals surface area contributed by atoms with Gasteiger partial charge >= 0.3 is 12.4 Å².